The Bertz CT molecular complexity index is 835. The van der Waals surface area contributed by atoms with Crippen LogP contribution < -0.4 is 5.32 Å². The summed E-state index contributed by atoms with van der Waals surface area (Å²) in [4.78, 5) is 9.28. The SMILES string of the molecule is CN=C(NCCc1cccc(F)c1)N1CC2OCCN(Cc3ccccc3)C2C1.I. The average Bonchev–Trinajstić information content (AvgIpc) is 3.17. The van der Waals surface area contributed by atoms with Crippen LogP contribution in [-0.4, -0.2) is 67.7 Å². The van der Waals surface area contributed by atoms with Crippen LogP contribution in [0.3, 0.4) is 0 Å². The van der Waals surface area contributed by atoms with E-state index in [1.165, 1.54) is 11.6 Å². The van der Waals surface area contributed by atoms with E-state index < -0.39 is 0 Å². The second kappa shape index (κ2) is 11.1. The van der Waals surface area contributed by atoms with Crippen molar-refractivity contribution < 1.29 is 9.13 Å². The van der Waals surface area contributed by atoms with Gasteiger partial charge in [0.2, 0.25) is 0 Å². The smallest absolute Gasteiger partial charge is 0.193 e. The monoisotopic (exact) mass is 524 g/mol. The number of rotatable bonds is 5. The summed E-state index contributed by atoms with van der Waals surface area (Å²) in [6, 6.07) is 17.8. The molecule has 0 aromatic heterocycles. The number of fused-ring (bicyclic) bond motifs is 1. The lowest BCUT2D eigenvalue weighted by atomic mass is 10.1. The maximum atomic E-state index is 13.4. The van der Waals surface area contributed by atoms with Crippen molar-refractivity contribution in [1.29, 1.82) is 0 Å². The highest BCUT2D eigenvalue weighted by Crippen LogP contribution is 2.24. The minimum atomic E-state index is -0.189. The van der Waals surface area contributed by atoms with Crippen LogP contribution >= 0.6 is 24.0 Å². The highest BCUT2D eigenvalue weighted by atomic mass is 127. The molecule has 2 aromatic rings. The first-order valence-electron chi connectivity index (χ1n) is 10.3. The Balaban J connectivity index is 0.00000256. The summed E-state index contributed by atoms with van der Waals surface area (Å²) in [5.74, 6) is 0.699. The Kier molecular flexibility index (Phi) is 8.47. The zero-order chi connectivity index (χ0) is 20.1. The number of morpholine rings is 1. The fourth-order valence-electron chi connectivity index (χ4n) is 4.29. The van der Waals surface area contributed by atoms with Crippen molar-refractivity contribution in [3.8, 4) is 0 Å². The average molecular weight is 524 g/mol. The third kappa shape index (κ3) is 5.70. The molecule has 162 valence electrons. The molecule has 0 radical (unpaired) electrons. The van der Waals surface area contributed by atoms with Crippen LogP contribution in [0.25, 0.3) is 0 Å². The molecular formula is C23H30FIN4O. The largest absolute Gasteiger partial charge is 0.373 e. The molecule has 2 unspecified atom stereocenters. The number of guanidine groups is 1. The standard InChI is InChI=1S/C23H29FN4O.HI/c1-25-23(26-11-10-18-8-5-9-20(24)14-18)28-16-21-22(17-28)29-13-12-27(21)15-19-6-3-2-4-7-19;/h2-9,14,21-22H,10-13,15-17H2,1H3,(H,25,26);1H. The first-order valence-corrected chi connectivity index (χ1v) is 10.3. The van der Waals surface area contributed by atoms with E-state index in [2.05, 4.69) is 50.4 Å². The molecule has 2 fully saturated rings. The summed E-state index contributed by atoms with van der Waals surface area (Å²) in [6.45, 7) is 5.14. The lowest BCUT2D eigenvalue weighted by Gasteiger charge is -2.36. The molecule has 2 aromatic carbocycles. The molecule has 5 nitrogen and oxygen atoms in total. The molecule has 0 aliphatic carbocycles. The van der Waals surface area contributed by atoms with E-state index in [0.29, 0.717) is 6.04 Å². The molecular weight excluding hydrogens is 494 g/mol. The summed E-state index contributed by atoms with van der Waals surface area (Å²) in [5.41, 5.74) is 2.32. The van der Waals surface area contributed by atoms with Gasteiger partial charge in [0.15, 0.2) is 5.96 Å². The summed E-state index contributed by atoms with van der Waals surface area (Å²) in [5, 5.41) is 3.43. The lowest BCUT2D eigenvalue weighted by molar-refractivity contribution is -0.0502. The molecule has 0 bridgehead atoms. The fraction of sp³-hybridized carbons (Fsp3) is 0.435. The molecule has 2 atom stereocenters. The van der Waals surface area contributed by atoms with E-state index in [-0.39, 0.29) is 35.9 Å². The zero-order valence-corrected chi connectivity index (χ0v) is 19.7. The number of likely N-dealkylation sites (tertiary alicyclic amines) is 1. The van der Waals surface area contributed by atoms with Crippen molar-refractivity contribution in [1.82, 2.24) is 15.1 Å². The molecule has 30 heavy (non-hydrogen) atoms. The molecule has 1 N–H and O–H groups in total. The van der Waals surface area contributed by atoms with Gasteiger partial charge in [-0.15, -0.1) is 24.0 Å². The topological polar surface area (TPSA) is 40.1 Å². The number of aliphatic imine (C=N–C) groups is 1. The van der Waals surface area contributed by atoms with Gasteiger partial charge in [0, 0.05) is 39.8 Å². The van der Waals surface area contributed by atoms with Gasteiger partial charge < -0.3 is 15.0 Å². The minimum Gasteiger partial charge on any atom is -0.373 e. The Labute approximate surface area is 195 Å². The van der Waals surface area contributed by atoms with Crippen LogP contribution in [0, 0.1) is 5.82 Å². The second-order valence-electron chi connectivity index (χ2n) is 7.69. The first-order chi connectivity index (χ1) is 14.2. The number of hydrogen-bond acceptors (Lipinski definition) is 3. The van der Waals surface area contributed by atoms with Crippen molar-refractivity contribution in [2.24, 2.45) is 4.99 Å². The number of halogens is 2. The predicted molar refractivity (Wildman–Crippen MR) is 129 cm³/mol. The maximum Gasteiger partial charge on any atom is 0.193 e. The summed E-state index contributed by atoms with van der Waals surface area (Å²) >= 11 is 0. The van der Waals surface area contributed by atoms with Gasteiger partial charge in [-0.25, -0.2) is 4.39 Å². The van der Waals surface area contributed by atoms with Crippen molar-refractivity contribution >= 4 is 29.9 Å². The van der Waals surface area contributed by atoms with Gasteiger partial charge in [-0.3, -0.25) is 9.89 Å². The number of nitrogens with zero attached hydrogens (tertiary/aromatic N) is 3. The van der Waals surface area contributed by atoms with Crippen molar-refractivity contribution in [2.45, 2.75) is 25.1 Å². The summed E-state index contributed by atoms with van der Waals surface area (Å²) in [7, 11) is 1.81. The van der Waals surface area contributed by atoms with Gasteiger partial charge in [-0.1, -0.05) is 42.5 Å². The van der Waals surface area contributed by atoms with Crippen LogP contribution in [0.2, 0.25) is 0 Å². The van der Waals surface area contributed by atoms with Crippen LogP contribution in [0.4, 0.5) is 4.39 Å². The van der Waals surface area contributed by atoms with Crippen molar-refractivity contribution in [2.75, 3.05) is 39.8 Å². The van der Waals surface area contributed by atoms with Crippen molar-refractivity contribution in [3.63, 3.8) is 0 Å². The number of benzene rings is 2. The van der Waals surface area contributed by atoms with Crippen LogP contribution in [-0.2, 0) is 17.7 Å². The third-order valence-corrected chi connectivity index (χ3v) is 5.74. The van der Waals surface area contributed by atoms with Gasteiger partial charge in [0.25, 0.3) is 0 Å². The van der Waals surface area contributed by atoms with E-state index in [0.717, 1.165) is 57.3 Å². The van der Waals surface area contributed by atoms with E-state index in [1.807, 2.05) is 13.1 Å². The molecule has 0 spiro atoms. The highest BCUT2D eigenvalue weighted by molar-refractivity contribution is 14.0. The van der Waals surface area contributed by atoms with E-state index in [9.17, 15) is 4.39 Å². The van der Waals surface area contributed by atoms with Crippen LogP contribution in [0.5, 0.6) is 0 Å². The van der Waals surface area contributed by atoms with Crippen molar-refractivity contribution in [3.05, 3.63) is 71.5 Å². The molecule has 2 aliphatic rings. The first kappa shape index (κ1) is 23.0. The predicted octanol–water partition coefficient (Wildman–Crippen LogP) is 3.15. The van der Waals surface area contributed by atoms with Gasteiger partial charge in [-0.05, 0) is 29.7 Å². The molecule has 7 heteroatoms. The molecule has 0 saturated carbocycles. The number of hydrogen-bond donors (Lipinski definition) is 1. The maximum absolute atomic E-state index is 13.4. The lowest BCUT2D eigenvalue weighted by Crippen LogP contribution is -2.50. The van der Waals surface area contributed by atoms with Crippen LogP contribution in [0.15, 0.2) is 59.6 Å². The quantitative estimate of drug-likeness (QED) is 0.371. The Hall–Kier alpha value is -1.71. The second-order valence-corrected chi connectivity index (χ2v) is 7.69. The molecule has 4 rings (SSSR count). The zero-order valence-electron chi connectivity index (χ0n) is 17.3. The Morgan fingerprint density at radius 2 is 1.93 bits per heavy atom. The Morgan fingerprint density at radius 1 is 1.13 bits per heavy atom. The van der Waals surface area contributed by atoms with Gasteiger partial charge in [0.1, 0.15) is 5.82 Å². The van der Waals surface area contributed by atoms with E-state index in [4.69, 9.17) is 4.74 Å². The molecule has 0 amide bonds. The Morgan fingerprint density at radius 3 is 2.70 bits per heavy atom. The van der Waals surface area contributed by atoms with Gasteiger partial charge in [-0.2, -0.15) is 0 Å². The number of nitrogens with one attached hydrogen (secondary N) is 1. The molecule has 2 saturated heterocycles. The highest BCUT2D eigenvalue weighted by Gasteiger charge is 2.41. The summed E-state index contributed by atoms with van der Waals surface area (Å²) in [6.07, 6.45) is 0.961. The van der Waals surface area contributed by atoms with Crippen LogP contribution in [0.1, 0.15) is 11.1 Å². The fourth-order valence-corrected chi connectivity index (χ4v) is 4.29. The number of ether oxygens (including phenoxy) is 1. The normalized spacial score (nSPS) is 21.8. The van der Waals surface area contributed by atoms with Gasteiger partial charge >= 0.3 is 0 Å². The van der Waals surface area contributed by atoms with Gasteiger partial charge in [0.05, 0.1) is 18.8 Å². The summed E-state index contributed by atoms with van der Waals surface area (Å²) < 4.78 is 19.4. The van der Waals surface area contributed by atoms with E-state index >= 15 is 0 Å². The molecule has 2 heterocycles. The molecule has 2 aliphatic heterocycles. The minimum absolute atomic E-state index is 0. The van der Waals surface area contributed by atoms with E-state index in [1.54, 1.807) is 12.1 Å². The third-order valence-electron chi connectivity index (χ3n) is 5.74.